The summed E-state index contributed by atoms with van der Waals surface area (Å²) in [6.07, 6.45) is 6.66. The van der Waals surface area contributed by atoms with Crippen LogP contribution in [0.25, 0.3) is 0 Å². The van der Waals surface area contributed by atoms with Crippen molar-refractivity contribution in [2.24, 2.45) is 5.92 Å². The van der Waals surface area contributed by atoms with Gasteiger partial charge in [0.2, 0.25) is 5.91 Å². The number of aromatic nitrogens is 1. The van der Waals surface area contributed by atoms with E-state index in [1.54, 1.807) is 13.2 Å². The van der Waals surface area contributed by atoms with Crippen LogP contribution in [0.4, 0.5) is 16.3 Å². The Balaban J connectivity index is 1.26. The third-order valence-corrected chi connectivity index (χ3v) is 7.63. The van der Waals surface area contributed by atoms with E-state index in [-0.39, 0.29) is 24.6 Å². The number of carbonyl (C=O) groups is 2. The molecule has 0 spiro atoms. The second kappa shape index (κ2) is 10.3. The summed E-state index contributed by atoms with van der Waals surface area (Å²) in [5.41, 5.74) is 4.24. The zero-order valence-corrected chi connectivity index (χ0v) is 21.2. The summed E-state index contributed by atoms with van der Waals surface area (Å²) < 4.78 is 5.13. The molecule has 1 aromatic carbocycles. The summed E-state index contributed by atoms with van der Waals surface area (Å²) in [6, 6.07) is 11.3. The second-order valence-corrected chi connectivity index (χ2v) is 10.1. The van der Waals surface area contributed by atoms with Crippen LogP contribution in [0.1, 0.15) is 55.0 Å². The number of anilines is 2. The average Bonchev–Trinajstić information content (AvgIpc) is 3.74. The van der Waals surface area contributed by atoms with E-state index in [0.717, 1.165) is 49.2 Å². The first kappa shape index (κ1) is 24.3. The van der Waals surface area contributed by atoms with Crippen LogP contribution in [0.5, 0.6) is 0 Å². The molecule has 8 heteroatoms. The van der Waals surface area contributed by atoms with Gasteiger partial charge in [0.05, 0.1) is 5.69 Å². The number of rotatable bonds is 8. The maximum Gasteiger partial charge on any atom is 0.414 e. The first-order valence-corrected chi connectivity index (χ1v) is 12.8. The van der Waals surface area contributed by atoms with E-state index in [2.05, 4.69) is 53.0 Å². The van der Waals surface area contributed by atoms with Crippen LogP contribution in [0.3, 0.4) is 0 Å². The first-order valence-electron chi connectivity index (χ1n) is 12.8. The molecule has 5 rings (SSSR count). The predicted molar refractivity (Wildman–Crippen MR) is 140 cm³/mol. The number of cyclic esters (lactones) is 1. The first-order chi connectivity index (χ1) is 17.4. The minimum atomic E-state index is -0.349. The highest BCUT2D eigenvalue weighted by atomic mass is 16.6. The molecule has 2 fully saturated rings. The van der Waals surface area contributed by atoms with Gasteiger partial charge in [-0.1, -0.05) is 43.7 Å². The molecule has 0 radical (unpaired) electrons. The van der Waals surface area contributed by atoms with Gasteiger partial charge >= 0.3 is 6.09 Å². The summed E-state index contributed by atoms with van der Waals surface area (Å²) in [5, 5.41) is 3.47. The molecule has 2 atom stereocenters. The number of nitrogens with one attached hydrogen (secondary N) is 1. The molecule has 0 bridgehead atoms. The molecule has 0 unspecified atom stereocenters. The quantitative estimate of drug-likeness (QED) is 0.550. The minimum Gasteiger partial charge on any atom is -0.444 e. The van der Waals surface area contributed by atoms with E-state index in [1.165, 1.54) is 41.4 Å². The highest BCUT2D eigenvalue weighted by molar-refractivity contribution is 5.90. The van der Waals surface area contributed by atoms with Crippen molar-refractivity contribution < 1.29 is 14.3 Å². The number of pyridine rings is 1. The molecule has 1 saturated carbocycles. The lowest BCUT2D eigenvalue weighted by Gasteiger charge is -2.39. The number of amides is 2. The van der Waals surface area contributed by atoms with Gasteiger partial charge in [-0.3, -0.25) is 14.6 Å². The molecular formula is C28H35N5O3. The summed E-state index contributed by atoms with van der Waals surface area (Å²) in [5.74, 6) is 1.57. The molecule has 36 heavy (non-hydrogen) atoms. The van der Waals surface area contributed by atoms with Gasteiger partial charge in [0.1, 0.15) is 12.4 Å². The summed E-state index contributed by atoms with van der Waals surface area (Å²) in [4.78, 5) is 34.3. The minimum absolute atomic E-state index is 0.0271. The van der Waals surface area contributed by atoms with E-state index in [0.29, 0.717) is 6.04 Å². The number of ether oxygens (including phenoxy) is 1. The maximum absolute atomic E-state index is 12.0. The summed E-state index contributed by atoms with van der Waals surface area (Å²) in [6.45, 7) is 9.29. The fourth-order valence-corrected chi connectivity index (χ4v) is 5.17. The van der Waals surface area contributed by atoms with Gasteiger partial charge in [-0.15, -0.1) is 0 Å². The molecule has 1 aromatic heterocycles. The van der Waals surface area contributed by atoms with E-state index in [9.17, 15) is 9.59 Å². The Kier molecular flexibility index (Phi) is 6.96. The fraction of sp³-hybridized carbons (Fsp3) is 0.464. The van der Waals surface area contributed by atoms with Crippen molar-refractivity contribution in [1.29, 1.82) is 0 Å². The zero-order valence-electron chi connectivity index (χ0n) is 21.2. The van der Waals surface area contributed by atoms with Gasteiger partial charge in [0, 0.05) is 63.1 Å². The molecule has 8 nitrogen and oxygen atoms in total. The number of fused-ring (bicyclic) bond motifs is 1. The number of carbonyl (C=O) groups excluding carboxylic acids is 2. The number of piperazine rings is 1. The summed E-state index contributed by atoms with van der Waals surface area (Å²) in [7, 11) is 1.71. The third kappa shape index (κ3) is 5.23. The molecule has 1 aliphatic carbocycles. The number of nitrogens with zero attached hydrogens (tertiary/aromatic N) is 4. The Bertz CT molecular complexity index is 1120. The average molecular weight is 490 g/mol. The molecular weight excluding hydrogens is 454 g/mol. The van der Waals surface area contributed by atoms with Crippen LogP contribution < -0.4 is 10.2 Å². The highest BCUT2D eigenvalue weighted by Gasteiger charge is 2.32. The van der Waals surface area contributed by atoms with Gasteiger partial charge in [-0.05, 0) is 36.5 Å². The van der Waals surface area contributed by atoms with Crippen molar-refractivity contribution in [3.63, 3.8) is 0 Å². The van der Waals surface area contributed by atoms with Crippen molar-refractivity contribution in [3.05, 3.63) is 65.9 Å². The number of hydrogen-bond donors (Lipinski definition) is 1. The fourth-order valence-electron chi connectivity index (χ4n) is 5.17. The second-order valence-electron chi connectivity index (χ2n) is 10.1. The number of hydrogen-bond acceptors (Lipinski definition) is 6. The smallest absolute Gasteiger partial charge is 0.414 e. The molecule has 3 aliphatic rings. The monoisotopic (exact) mass is 489 g/mol. The van der Waals surface area contributed by atoms with Gasteiger partial charge in [-0.2, -0.15) is 0 Å². The Morgan fingerprint density at radius 3 is 2.56 bits per heavy atom. The van der Waals surface area contributed by atoms with Gasteiger partial charge in [0.15, 0.2) is 0 Å². The van der Waals surface area contributed by atoms with Gasteiger partial charge in [0.25, 0.3) is 0 Å². The largest absolute Gasteiger partial charge is 0.444 e. The Labute approximate surface area is 212 Å². The summed E-state index contributed by atoms with van der Waals surface area (Å²) >= 11 is 0. The molecule has 2 aliphatic heterocycles. The molecule has 2 aromatic rings. The lowest BCUT2D eigenvalue weighted by molar-refractivity contribution is -0.128. The molecule has 1 saturated heterocycles. The standard InChI is InChI=1S/C28H35N5O3/c1-4-27(34)33-13-11-32(12-14-33)25(15-20-5-6-20)22-9-7-21(8-10-22)19(2)30-26-16-24-23(17-29-26)18-36-28(35)31(24)3/h4,7-10,16-17,19-20,25H,1,5-6,11-15,18H2,2-3H3,(H,29,30)/t19-,25-/m0/s1. The van der Waals surface area contributed by atoms with Crippen LogP contribution in [0.15, 0.2) is 49.2 Å². The van der Waals surface area contributed by atoms with E-state index >= 15 is 0 Å². The zero-order chi connectivity index (χ0) is 25.2. The predicted octanol–water partition coefficient (Wildman–Crippen LogP) is 4.51. The molecule has 190 valence electrons. The van der Waals surface area contributed by atoms with Crippen LogP contribution in [-0.4, -0.2) is 60.0 Å². The highest BCUT2D eigenvalue weighted by Crippen LogP contribution is 2.40. The van der Waals surface area contributed by atoms with Gasteiger partial charge in [-0.25, -0.2) is 9.78 Å². The topological polar surface area (TPSA) is 78.0 Å². The van der Waals surface area contributed by atoms with E-state index < -0.39 is 0 Å². The number of benzene rings is 1. The Morgan fingerprint density at radius 1 is 1.19 bits per heavy atom. The SMILES string of the molecule is C=CC(=O)N1CCN([C@@H](CC2CC2)c2ccc([C@H](C)Nc3cc4c(cn3)COC(=O)N4C)cc2)CC1. The van der Waals surface area contributed by atoms with Gasteiger partial charge < -0.3 is 15.0 Å². The van der Waals surface area contributed by atoms with E-state index in [4.69, 9.17) is 4.74 Å². The van der Waals surface area contributed by atoms with Crippen molar-refractivity contribution in [2.45, 2.75) is 44.9 Å². The molecule has 1 N–H and O–H groups in total. The van der Waals surface area contributed by atoms with Crippen LogP contribution in [0.2, 0.25) is 0 Å². The Hall–Kier alpha value is -3.39. The van der Waals surface area contributed by atoms with Crippen molar-refractivity contribution in [3.8, 4) is 0 Å². The Morgan fingerprint density at radius 2 is 1.89 bits per heavy atom. The van der Waals surface area contributed by atoms with Crippen molar-refractivity contribution in [1.82, 2.24) is 14.8 Å². The van der Waals surface area contributed by atoms with Crippen molar-refractivity contribution in [2.75, 3.05) is 43.4 Å². The molecule has 3 heterocycles. The molecule has 2 amide bonds. The third-order valence-electron chi connectivity index (χ3n) is 7.63. The normalized spacial score (nSPS) is 19.8. The van der Waals surface area contributed by atoms with Crippen molar-refractivity contribution >= 4 is 23.5 Å². The van der Waals surface area contributed by atoms with Crippen LogP contribution in [0, 0.1) is 5.92 Å². The van der Waals surface area contributed by atoms with E-state index in [1.807, 2.05) is 11.0 Å². The van der Waals surface area contributed by atoms with Crippen LogP contribution >= 0.6 is 0 Å². The van der Waals surface area contributed by atoms with Crippen LogP contribution in [-0.2, 0) is 16.1 Å². The lowest BCUT2D eigenvalue weighted by atomic mass is 9.96. The maximum atomic E-state index is 12.0. The lowest BCUT2D eigenvalue weighted by Crippen LogP contribution is -2.49.